The summed E-state index contributed by atoms with van der Waals surface area (Å²) in [6.07, 6.45) is 5.17. The van der Waals surface area contributed by atoms with E-state index in [4.69, 9.17) is 4.74 Å². The lowest BCUT2D eigenvalue weighted by Crippen LogP contribution is -2.37. The van der Waals surface area contributed by atoms with Crippen LogP contribution in [-0.2, 0) is 6.54 Å². The Labute approximate surface area is 115 Å². The monoisotopic (exact) mass is 261 g/mol. The molecule has 4 nitrogen and oxygen atoms in total. The molecule has 0 amide bonds. The molecule has 1 rings (SSSR count). The first kappa shape index (κ1) is 15.1. The summed E-state index contributed by atoms with van der Waals surface area (Å²) in [5, 5.41) is 6.53. The molecule has 2 N–H and O–H groups in total. The lowest BCUT2D eigenvalue weighted by atomic mass is 10.2. The number of ether oxygens (including phenoxy) is 1. The van der Waals surface area contributed by atoms with Gasteiger partial charge in [-0.05, 0) is 19.4 Å². The second kappa shape index (κ2) is 9.03. The van der Waals surface area contributed by atoms with Gasteiger partial charge in [-0.25, -0.2) is 0 Å². The molecular formula is C15H23N3O. The Hall–Kier alpha value is -1.97. The number of nitrogens with zero attached hydrogens (tertiary/aromatic N) is 1. The molecule has 1 aromatic carbocycles. The molecule has 0 bridgehead atoms. The number of rotatable bonds is 6. The first-order valence-electron chi connectivity index (χ1n) is 6.49. The number of hydrogen-bond donors (Lipinski definition) is 2. The van der Waals surface area contributed by atoms with Crippen molar-refractivity contribution in [3.8, 4) is 5.75 Å². The summed E-state index contributed by atoms with van der Waals surface area (Å²) in [4.78, 5) is 4.19. The molecule has 0 spiro atoms. The number of allylic oxidation sites excluding steroid dienone is 1. The summed E-state index contributed by atoms with van der Waals surface area (Å²) >= 11 is 0. The Morgan fingerprint density at radius 2 is 2.11 bits per heavy atom. The number of nitrogens with one attached hydrogen (secondary N) is 2. The van der Waals surface area contributed by atoms with Crippen molar-refractivity contribution < 1.29 is 4.74 Å². The molecule has 0 saturated carbocycles. The molecule has 0 saturated heterocycles. The highest BCUT2D eigenvalue weighted by Crippen LogP contribution is 2.16. The van der Waals surface area contributed by atoms with Crippen LogP contribution in [0.2, 0.25) is 0 Å². The number of hydrogen-bond acceptors (Lipinski definition) is 2. The summed E-state index contributed by atoms with van der Waals surface area (Å²) in [6.45, 7) is 3.58. The minimum absolute atomic E-state index is 0.688. The Balaban J connectivity index is 2.45. The molecule has 0 heterocycles. The second-order valence-electron chi connectivity index (χ2n) is 4.02. The van der Waals surface area contributed by atoms with Crippen LogP contribution in [-0.4, -0.2) is 26.7 Å². The average molecular weight is 261 g/mol. The molecule has 0 aliphatic rings. The quantitative estimate of drug-likeness (QED) is 0.357. The first-order valence-corrected chi connectivity index (χ1v) is 6.49. The van der Waals surface area contributed by atoms with Crippen molar-refractivity contribution >= 4 is 5.96 Å². The van der Waals surface area contributed by atoms with Gasteiger partial charge in [0.15, 0.2) is 5.96 Å². The predicted molar refractivity (Wildman–Crippen MR) is 80.6 cm³/mol. The third-order valence-electron chi connectivity index (χ3n) is 2.70. The van der Waals surface area contributed by atoms with Gasteiger partial charge < -0.3 is 15.4 Å². The number of guanidine groups is 1. The van der Waals surface area contributed by atoms with E-state index in [-0.39, 0.29) is 0 Å². The van der Waals surface area contributed by atoms with E-state index in [0.29, 0.717) is 6.54 Å². The molecule has 0 radical (unpaired) electrons. The fourth-order valence-corrected chi connectivity index (χ4v) is 1.69. The van der Waals surface area contributed by atoms with Crippen LogP contribution in [0.15, 0.2) is 41.4 Å². The summed E-state index contributed by atoms with van der Waals surface area (Å²) in [5.41, 5.74) is 1.11. The molecule has 0 aromatic heterocycles. The van der Waals surface area contributed by atoms with Gasteiger partial charge in [0, 0.05) is 25.7 Å². The van der Waals surface area contributed by atoms with Crippen molar-refractivity contribution in [1.29, 1.82) is 0 Å². The zero-order chi connectivity index (χ0) is 13.9. The Morgan fingerprint density at radius 3 is 2.79 bits per heavy atom. The largest absolute Gasteiger partial charge is 0.496 e. The molecule has 104 valence electrons. The first-order chi connectivity index (χ1) is 9.31. The van der Waals surface area contributed by atoms with E-state index in [1.54, 1.807) is 14.2 Å². The molecule has 0 unspecified atom stereocenters. The number of aliphatic imine (C=N–C) groups is 1. The maximum absolute atomic E-state index is 5.31. The van der Waals surface area contributed by atoms with Gasteiger partial charge in [0.05, 0.1) is 7.11 Å². The summed E-state index contributed by atoms with van der Waals surface area (Å²) in [5.74, 6) is 1.69. The highest BCUT2D eigenvalue weighted by atomic mass is 16.5. The predicted octanol–water partition coefficient (Wildman–Crippen LogP) is 2.33. The number of methoxy groups -OCH3 is 1. The van der Waals surface area contributed by atoms with Crippen LogP contribution in [0.4, 0.5) is 0 Å². The fourth-order valence-electron chi connectivity index (χ4n) is 1.69. The van der Waals surface area contributed by atoms with Crippen LogP contribution >= 0.6 is 0 Å². The van der Waals surface area contributed by atoms with E-state index in [0.717, 1.165) is 30.2 Å². The summed E-state index contributed by atoms with van der Waals surface area (Å²) in [7, 11) is 3.45. The van der Waals surface area contributed by atoms with Gasteiger partial charge in [0.1, 0.15) is 5.75 Å². The zero-order valence-electron chi connectivity index (χ0n) is 11.9. The highest BCUT2D eigenvalue weighted by Gasteiger charge is 2.02. The van der Waals surface area contributed by atoms with E-state index in [9.17, 15) is 0 Å². The molecule has 1 aromatic rings. The van der Waals surface area contributed by atoms with Crippen LogP contribution in [0.1, 0.15) is 18.9 Å². The minimum atomic E-state index is 0.688. The second-order valence-corrected chi connectivity index (χ2v) is 4.02. The van der Waals surface area contributed by atoms with Crippen molar-refractivity contribution in [2.45, 2.75) is 19.9 Å². The van der Waals surface area contributed by atoms with Gasteiger partial charge in [0.2, 0.25) is 0 Å². The van der Waals surface area contributed by atoms with Gasteiger partial charge in [0.25, 0.3) is 0 Å². The van der Waals surface area contributed by atoms with Gasteiger partial charge in [-0.15, -0.1) is 0 Å². The average Bonchev–Trinajstić information content (AvgIpc) is 2.47. The van der Waals surface area contributed by atoms with E-state index in [2.05, 4.69) is 21.7 Å². The zero-order valence-corrected chi connectivity index (χ0v) is 11.9. The van der Waals surface area contributed by atoms with Crippen LogP contribution in [0.5, 0.6) is 5.75 Å². The topological polar surface area (TPSA) is 45.7 Å². The van der Waals surface area contributed by atoms with Gasteiger partial charge >= 0.3 is 0 Å². The lowest BCUT2D eigenvalue weighted by molar-refractivity contribution is 0.409. The number of para-hydroxylation sites is 1. The summed E-state index contributed by atoms with van der Waals surface area (Å²) in [6, 6.07) is 7.96. The van der Waals surface area contributed by atoms with Crippen molar-refractivity contribution in [3.05, 3.63) is 42.0 Å². The van der Waals surface area contributed by atoms with Crippen molar-refractivity contribution in [2.75, 3.05) is 20.7 Å². The minimum Gasteiger partial charge on any atom is -0.496 e. The van der Waals surface area contributed by atoms with Crippen molar-refractivity contribution in [2.24, 2.45) is 4.99 Å². The third-order valence-corrected chi connectivity index (χ3v) is 2.70. The number of benzene rings is 1. The van der Waals surface area contributed by atoms with Crippen LogP contribution in [0.25, 0.3) is 0 Å². The normalized spacial score (nSPS) is 11.6. The van der Waals surface area contributed by atoms with E-state index in [1.165, 1.54) is 0 Å². The van der Waals surface area contributed by atoms with Gasteiger partial charge in [-0.3, -0.25) is 4.99 Å². The lowest BCUT2D eigenvalue weighted by Gasteiger charge is -2.13. The molecule has 19 heavy (non-hydrogen) atoms. The standard InChI is InChI=1S/C15H23N3O/c1-4-5-8-11-17-15(16-2)18-12-13-9-6-7-10-14(13)19-3/h4-7,9-10H,8,11-12H2,1-3H3,(H2,16,17,18). The van der Waals surface area contributed by atoms with Crippen LogP contribution in [0, 0.1) is 0 Å². The van der Waals surface area contributed by atoms with E-state index >= 15 is 0 Å². The third kappa shape index (κ3) is 5.46. The molecular weight excluding hydrogens is 238 g/mol. The fraction of sp³-hybridized carbons (Fsp3) is 0.400. The molecule has 0 fully saturated rings. The molecule has 0 aliphatic carbocycles. The van der Waals surface area contributed by atoms with Crippen molar-refractivity contribution in [3.63, 3.8) is 0 Å². The molecule has 4 heteroatoms. The molecule has 0 aliphatic heterocycles. The smallest absolute Gasteiger partial charge is 0.191 e. The van der Waals surface area contributed by atoms with Crippen molar-refractivity contribution in [1.82, 2.24) is 10.6 Å². The SMILES string of the molecule is CC=CCCNC(=NC)NCc1ccccc1OC. The molecule has 0 atom stereocenters. The maximum atomic E-state index is 5.31. The van der Waals surface area contributed by atoms with Crippen LogP contribution < -0.4 is 15.4 Å². The van der Waals surface area contributed by atoms with Crippen LogP contribution in [0.3, 0.4) is 0 Å². The Bertz CT molecular complexity index is 427. The maximum Gasteiger partial charge on any atom is 0.191 e. The van der Waals surface area contributed by atoms with E-state index in [1.807, 2.05) is 37.3 Å². The van der Waals surface area contributed by atoms with Gasteiger partial charge in [-0.2, -0.15) is 0 Å². The van der Waals surface area contributed by atoms with Gasteiger partial charge in [-0.1, -0.05) is 30.4 Å². The highest BCUT2D eigenvalue weighted by molar-refractivity contribution is 5.79. The summed E-state index contributed by atoms with van der Waals surface area (Å²) < 4.78 is 5.31. The van der Waals surface area contributed by atoms with E-state index < -0.39 is 0 Å². The Morgan fingerprint density at radius 1 is 1.32 bits per heavy atom. The Kier molecular flexibility index (Phi) is 7.17.